The Morgan fingerprint density at radius 3 is 2.53 bits per heavy atom. The molecule has 2 aliphatic heterocycles. The number of nitrogens with zero attached hydrogens (tertiary/aromatic N) is 3. The topological polar surface area (TPSA) is 67.6 Å². The number of anilines is 1. The molecule has 1 atom stereocenters. The average molecular weight is 492 g/mol. The minimum Gasteiger partial charge on any atom is -0.396 e. The molecule has 2 aromatic rings. The summed E-state index contributed by atoms with van der Waals surface area (Å²) in [6.45, 7) is 1.93. The van der Waals surface area contributed by atoms with Crippen LogP contribution in [0.15, 0.2) is 42.5 Å². The highest BCUT2D eigenvalue weighted by Gasteiger charge is 2.49. The van der Waals surface area contributed by atoms with Crippen molar-refractivity contribution in [1.29, 1.82) is 5.26 Å². The third-order valence-corrected chi connectivity index (χ3v) is 7.61. The molecule has 2 aromatic carbocycles. The second-order valence-corrected chi connectivity index (χ2v) is 9.52. The van der Waals surface area contributed by atoms with E-state index in [4.69, 9.17) is 16.9 Å². The van der Waals surface area contributed by atoms with Gasteiger partial charge in [0.25, 0.3) is 0 Å². The summed E-state index contributed by atoms with van der Waals surface area (Å²) in [5.41, 5.74) is -0.425. The number of carbonyl (C=O) groups excluding carboxylic acids is 1. The quantitative estimate of drug-likeness (QED) is 0.683. The number of aliphatic hydroxyl groups is 1. The molecule has 0 aromatic heterocycles. The number of amides is 1. The maximum absolute atomic E-state index is 13.4. The Bertz CT molecular complexity index is 1110. The van der Waals surface area contributed by atoms with E-state index in [0.29, 0.717) is 49.7 Å². The molecule has 5 nitrogen and oxygen atoms in total. The predicted molar refractivity (Wildman–Crippen MR) is 122 cm³/mol. The van der Waals surface area contributed by atoms with E-state index < -0.39 is 17.3 Å². The first-order valence-electron chi connectivity index (χ1n) is 11.2. The summed E-state index contributed by atoms with van der Waals surface area (Å²) in [7, 11) is 0. The Labute approximate surface area is 201 Å². The fourth-order valence-electron chi connectivity index (χ4n) is 5.23. The summed E-state index contributed by atoms with van der Waals surface area (Å²) in [5, 5.41) is 19.6. The Morgan fingerprint density at radius 2 is 1.91 bits per heavy atom. The highest BCUT2D eigenvalue weighted by molar-refractivity contribution is 6.31. The number of likely N-dealkylation sites (tertiary alicyclic amines) is 1. The van der Waals surface area contributed by atoms with Gasteiger partial charge in [-0.1, -0.05) is 29.8 Å². The monoisotopic (exact) mass is 491 g/mol. The highest BCUT2D eigenvalue weighted by atomic mass is 35.5. The van der Waals surface area contributed by atoms with Gasteiger partial charge in [0.05, 0.1) is 23.6 Å². The normalized spacial score (nSPS) is 19.9. The van der Waals surface area contributed by atoms with E-state index in [1.54, 1.807) is 23.1 Å². The van der Waals surface area contributed by atoms with E-state index in [0.717, 1.165) is 11.6 Å². The number of piperidine rings is 1. The van der Waals surface area contributed by atoms with Gasteiger partial charge in [-0.3, -0.25) is 4.79 Å². The molecule has 0 radical (unpaired) electrons. The summed E-state index contributed by atoms with van der Waals surface area (Å²) < 4.78 is 40.1. The van der Waals surface area contributed by atoms with E-state index in [1.165, 1.54) is 6.07 Å². The van der Waals surface area contributed by atoms with Gasteiger partial charge in [-0.05, 0) is 48.1 Å². The minimum absolute atomic E-state index is 0.0484. The van der Waals surface area contributed by atoms with Gasteiger partial charge in [-0.15, -0.1) is 0 Å². The molecule has 1 amide bonds. The molecule has 1 unspecified atom stereocenters. The van der Waals surface area contributed by atoms with Crippen molar-refractivity contribution >= 4 is 23.2 Å². The number of alkyl halides is 3. The zero-order valence-corrected chi connectivity index (χ0v) is 19.2. The van der Waals surface area contributed by atoms with Crippen molar-refractivity contribution in [3.8, 4) is 6.07 Å². The van der Waals surface area contributed by atoms with Gasteiger partial charge in [-0.2, -0.15) is 18.4 Å². The number of carbonyl (C=O) groups is 1. The molecule has 0 aliphatic carbocycles. The number of hydrogen-bond donors (Lipinski definition) is 1. The fourth-order valence-corrected chi connectivity index (χ4v) is 5.43. The maximum Gasteiger partial charge on any atom is 0.417 e. The van der Waals surface area contributed by atoms with Crippen molar-refractivity contribution in [2.45, 2.75) is 25.4 Å². The lowest BCUT2D eigenvalue weighted by Gasteiger charge is -2.43. The SMILES string of the molecule is N#Cc1ccc(N2CCC3(CC2)CN(C(=O)Cc2ccccc2Cl)CC3CO)cc1C(F)(F)F. The molecule has 4 rings (SSSR count). The summed E-state index contributed by atoms with van der Waals surface area (Å²) in [6.07, 6.45) is -3.12. The zero-order valence-electron chi connectivity index (χ0n) is 18.5. The Kier molecular flexibility index (Phi) is 6.79. The van der Waals surface area contributed by atoms with E-state index in [9.17, 15) is 23.1 Å². The molecule has 180 valence electrons. The second kappa shape index (κ2) is 9.47. The van der Waals surface area contributed by atoms with Crippen LogP contribution in [-0.2, 0) is 17.4 Å². The van der Waals surface area contributed by atoms with Gasteiger partial charge in [0.15, 0.2) is 0 Å². The van der Waals surface area contributed by atoms with Gasteiger partial charge in [0, 0.05) is 49.4 Å². The van der Waals surface area contributed by atoms with Crippen molar-refractivity contribution in [3.05, 3.63) is 64.2 Å². The lowest BCUT2D eigenvalue weighted by molar-refractivity contribution is -0.137. The van der Waals surface area contributed by atoms with Crippen LogP contribution in [0.4, 0.5) is 18.9 Å². The van der Waals surface area contributed by atoms with Crippen molar-refractivity contribution in [1.82, 2.24) is 4.90 Å². The van der Waals surface area contributed by atoms with Crippen molar-refractivity contribution in [2.75, 3.05) is 37.7 Å². The standard InChI is InChI=1S/C25H25ClF3N3O2/c26-22-4-2-1-3-17(22)11-23(34)32-14-19(15-33)24(16-32)7-9-31(10-8-24)20-6-5-18(13-30)21(12-20)25(27,28)29/h1-6,12,19,33H,7-11,14-16H2. The highest BCUT2D eigenvalue weighted by Crippen LogP contribution is 2.46. The van der Waals surface area contributed by atoms with Crippen LogP contribution in [0, 0.1) is 22.7 Å². The van der Waals surface area contributed by atoms with Crippen LogP contribution in [0.2, 0.25) is 5.02 Å². The van der Waals surface area contributed by atoms with Gasteiger partial charge >= 0.3 is 6.18 Å². The number of halogens is 4. The predicted octanol–water partition coefficient (Wildman–Crippen LogP) is 4.51. The first-order chi connectivity index (χ1) is 16.2. The fraction of sp³-hybridized carbons (Fsp3) is 0.440. The molecule has 2 fully saturated rings. The number of hydrogen-bond acceptors (Lipinski definition) is 4. The third-order valence-electron chi connectivity index (χ3n) is 7.24. The third kappa shape index (κ3) is 4.73. The average Bonchev–Trinajstić information content (AvgIpc) is 3.18. The van der Waals surface area contributed by atoms with Crippen LogP contribution in [0.3, 0.4) is 0 Å². The van der Waals surface area contributed by atoms with Crippen LogP contribution in [-0.4, -0.2) is 48.7 Å². The lowest BCUT2D eigenvalue weighted by Crippen LogP contribution is -2.45. The summed E-state index contributed by atoms with van der Waals surface area (Å²) >= 11 is 6.20. The molecule has 1 spiro atoms. The van der Waals surface area contributed by atoms with Gasteiger partial charge in [0.2, 0.25) is 5.91 Å². The number of benzene rings is 2. The van der Waals surface area contributed by atoms with E-state index in [1.807, 2.05) is 23.1 Å². The number of nitriles is 1. The zero-order chi connectivity index (χ0) is 24.5. The first-order valence-corrected chi connectivity index (χ1v) is 11.5. The molecular formula is C25H25ClF3N3O2. The van der Waals surface area contributed by atoms with Crippen LogP contribution in [0.1, 0.15) is 29.5 Å². The number of aliphatic hydroxyl groups excluding tert-OH is 1. The molecular weight excluding hydrogens is 467 g/mol. The summed E-state index contributed by atoms with van der Waals surface area (Å²) in [6, 6.07) is 12.6. The first kappa shape index (κ1) is 24.4. The largest absolute Gasteiger partial charge is 0.417 e. The Morgan fingerprint density at radius 1 is 1.21 bits per heavy atom. The second-order valence-electron chi connectivity index (χ2n) is 9.11. The van der Waals surface area contributed by atoms with Gasteiger partial charge in [0.1, 0.15) is 0 Å². The lowest BCUT2D eigenvalue weighted by atomic mass is 9.71. The summed E-state index contributed by atoms with van der Waals surface area (Å²) in [5.74, 6) is -0.135. The van der Waals surface area contributed by atoms with Crippen LogP contribution in [0.5, 0.6) is 0 Å². The smallest absolute Gasteiger partial charge is 0.396 e. The molecule has 0 bridgehead atoms. The summed E-state index contributed by atoms with van der Waals surface area (Å²) in [4.78, 5) is 16.6. The molecule has 2 heterocycles. The van der Waals surface area contributed by atoms with E-state index >= 15 is 0 Å². The van der Waals surface area contributed by atoms with Crippen molar-refractivity contribution in [2.24, 2.45) is 11.3 Å². The molecule has 34 heavy (non-hydrogen) atoms. The molecule has 2 saturated heterocycles. The van der Waals surface area contributed by atoms with Crippen LogP contribution >= 0.6 is 11.6 Å². The molecule has 1 N–H and O–H groups in total. The van der Waals surface area contributed by atoms with Crippen LogP contribution in [0.25, 0.3) is 0 Å². The molecule has 9 heteroatoms. The van der Waals surface area contributed by atoms with Crippen molar-refractivity contribution in [3.63, 3.8) is 0 Å². The van der Waals surface area contributed by atoms with Crippen molar-refractivity contribution < 1.29 is 23.1 Å². The van der Waals surface area contributed by atoms with Gasteiger partial charge < -0.3 is 14.9 Å². The minimum atomic E-state index is -4.60. The Balaban J connectivity index is 1.46. The van der Waals surface area contributed by atoms with Gasteiger partial charge in [-0.25, -0.2) is 0 Å². The Hall–Kier alpha value is -2.76. The van der Waals surface area contributed by atoms with E-state index in [-0.39, 0.29) is 30.3 Å². The van der Waals surface area contributed by atoms with Crippen LogP contribution < -0.4 is 4.90 Å². The molecule has 2 aliphatic rings. The van der Waals surface area contributed by atoms with E-state index in [2.05, 4.69) is 0 Å². The number of rotatable bonds is 4. The molecule has 0 saturated carbocycles. The maximum atomic E-state index is 13.4.